The Labute approximate surface area is 301 Å². The molecule has 0 aromatic heterocycles. The lowest BCUT2D eigenvalue weighted by Gasteiger charge is -2.21. The Morgan fingerprint density at radius 3 is 1.84 bits per heavy atom. The summed E-state index contributed by atoms with van der Waals surface area (Å²) in [6, 6.07) is 0. The lowest BCUT2D eigenvalue weighted by molar-refractivity contribution is -0.196. The van der Waals surface area contributed by atoms with Gasteiger partial charge >= 0.3 is 24.1 Å². The molecule has 0 bridgehead atoms. The third-order valence-electron chi connectivity index (χ3n) is 6.63. The summed E-state index contributed by atoms with van der Waals surface area (Å²) in [6.07, 6.45) is 5.90. The molecular weight excluding hydrogens is 695 g/mol. The van der Waals surface area contributed by atoms with Gasteiger partial charge in [-0.1, -0.05) is 26.2 Å². The second-order valence-corrected chi connectivity index (χ2v) is 13.2. The van der Waals surface area contributed by atoms with Crippen LogP contribution >= 0.6 is 7.60 Å². The molecule has 0 saturated carbocycles. The summed E-state index contributed by atoms with van der Waals surface area (Å²) < 4.78 is 46.6. The first-order valence-electron chi connectivity index (χ1n) is 17.6. The zero-order valence-electron chi connectivity index (χ0n) is 30.6. The minimum Gasteiger partial charge on any atom is -0.779 e. The molecule has 0 heterocycles. The zero-order valence-corrected chi connectivity index (χ0v) is 31.5. The Bertz CT molecular complexity index is 1000. The van der Waals surface area contributed by atoms with Gasteiger partial charge in [0.15, 0.2) is 0 Å². The van der Waals surface area contributed by atoms with Gasteiger partial charge in [0, 0.05) is 46.3 Å². The highest BCUT2D eigenvalue weighted by Gasteiger charge is 2.13. The van der Waals surface area contributed by atoms with Gasteiger partial charge in [0.1, 0.15) is 27.4 Å². The van der Waals surface area contributed by atoms with Crippen LogP contribution in [0.15, 0.2) is 0 Å². The van der Waals surface area contributed by atoms with E-state index in [1.165, 1.54) is 6.92 Å². The summed E-state index contributed by atoms with van der Waals surface area (Å²) in [5, 5.41) is 8.05. The molecule has 0 radical (unpaired) electrons. The van der Waals surface area contributed by atoms with Gasteiger partial charge in [0.2, 0.25) is 5.91 Å². The van der Waals surface area contributed by atoms with E-state index in [2.05, 4.69) is 16.0 Å². The van der Waals surface area contributed by atoms with Gasteiger partial charge in [-0.05, 0) is 38.5 Å². The molecule has 18 nitrogen and oxygen atoms in total. The number of nitrogens with zero attached hydrogens (tertiary/aromatic N) is 1. The number of carbonyl (C=O) groups excluding carboxylic acids is 5. The van der Waals surface area contributed by atoms with Crippen LogP contribution in [0.5, 0.6) is 0 Å². The molecule has 19 heteroatoms. The number of nitrogens with one attached hydrogen (secondary N) is 3. The van der Waals surface area contributed by atoms with E-state index in [-0.39, 0.29) is 84.9 Å². The van der Waals surface area contributed by atoms with Crippen LogP contribution in [0.2, 0.25) is 0 Å². The summed E-state index contributed by atoms with van der Waals surface area (Å²) in [5.74, 6) is -1.27. The van der Waals surface area contributed by atoms with Crippen molar-refractivity contribution in [2.75, 3.05) is 105 Å². The van der Waals surface area contributed by atoms with Crippen molar-refractivity contribution >= 4 is 37.6 Å². The van der Waals surface area contributed by atoms with Crippen molar-refractivity contribution in [3.05, 3.63) is 0 Å². The molecule has 0 aliphatic rings. The molecule has 0 aromatic carbocycles. The molecule has 0 spiro atoms. The molecule has 0 fully saturated rings. The van der Waals surface area contributed by atoms with E-state index in [0.29, 0.717) is 39.0 Å². The normalized spacial score (nSPS) is 12.1. The van der Waals surface area contributed by atoms with E-state index in [4.69, 9.17) is 32.9 Å². The number of carbonyl (C=O) groups is 5. The predicted octanol–water partition coefficient (Wildman–Crippen LogP) is 1.73. The van der Waals surface area contributed by atoms with Crippen LogP contribution in [0.3, 0.4) is 0 Å². The molecule has 0 aromatic rings. The average molecular weight is 756 g/mol. The van der Waals surface area contributed by atoms with E-state index in [9.17, 15) is 33.4 Å². The minimum absolute atomic E-state index is 0.00370. The fourth-order valence-electron chi connectivity index (χ4n) is 4.00. The van der Waals surface area contributed by atoms with Gasteiger partial charge < -0.3 is 58.4 Å². The molecule has 51 heavy (non-hydrogen) atoms. The van der Waals surface area contributed by atoms with Gasteiger partial charge in [0.05, 0.1) is 46.2 Å². The smallest absolute Gasteiger partial charge is 0.407 e. The summed E-state index contributed by atoms with van der Waals surface area (Å²) >= 11 is 0. The van der Waals surface area contributed by atoms with Crippen LogP contribution in [-0.4, -0.2) is 140 Å². The highest BCUT2D eigenvalue weighted by Crippen LogP contribution is 2.31. The number of rotatable bonds is 33. The van der Waals surface area contributed by atoms with Crippen LogP contribution < -0.4 is 20.8 Å². The van der Waals surface area contributed by atoms with Crippen molar-refractivity contribution in [2.45, 2.75) is 71.6 Å². The number of esters is 2. The van der Waals surface area contributed by atoms with Crippen molar-refractivity contribution in [1.82, 2.24) is 20.9 Å². The molecule has 0 aliphatic heterocycles. The van der Waals surface area contributed by atoms with E-state index in [1.807, 2.05) is 6.92 Å². The third-order valence-corrected chi connectivity index (χ3v) is 7.28. The maximum Gasteiger partial charge on any atom is 0.407 e. The van der Waals surface area contributed by atoms with Gasteiger partial charge in [-0.2, -0.15) is 0 Å². The van der Waals surface area contributed by atoms with E-state index in [0.717, 1.165) is 45.2 Å². The SMILES string of the molecule is CCCCNC(=O)OCCCCCOC(=O)NCCOCCOCC(=O)OCCN(CCOC(C)=O)CC(=O)NCCCCCCOP(C)(=O)[O-]. The molecule has 298 valence electrons. The first-order valence-corrected chi connectivity index (χ1v) is 19.6. The number of alkyl carbamates (subject to hydrolysis) is 2. The molecule has 0 rings (SSSR count). The second-order valence-electron chi connectivity index (χ2n) is 11.4. The lowest BCUT2D eigenvalue weighted by Crippen LogP contribution is -2.41. The molecule has 3 N–H and O–H groups in total. The Kier molecular flexibility index (Phi) is 30.9. The highest BCUT2D eigenvalue weighted by molar-refractivity contribution is 7.50. The highest BCUT2D eigenvalue weighted by atomic mass is 31.2. The van der Waals surface area contributed by atoms with Crippen LogP contribution in [-0.2, 0) is 51.9 Å². The van der Waals surface area contributed by atoms with Crippen molar-refractivity contribution in [1.29, 1.82) is 0 Å². The van der Waals surface area contributed by atoms with Crippen LogP contribution in [0.1, 0.15) is 71.6 Å². The quantitative estimate of drug-likeness (QED) is 0.0375. The van der Waals surface area contributed by atoms with Crippen molar-refractivity contribution in [3.8, 4) is 0 Å². The number of hydrogen-bond donors (Lipinski definition) is 3. The second kappa shape index (κ2) is 32.9. The molecule has 3 amide bonds. The van der Waals surface area contributed by atoms with Crippen molar-refractivity contribution < 1.29 is 66.4 Å². The standard InChI is InChI=1S/C32H61N4O14P/c1-4-5-13-34-31(40)48-18-10-8-11-19-49-32(41)35-15-21-44-24-25-45-27-30(39)47-23-17-36(16-22-46-28(2)37)26-29(38)33-14-9-6-7-12-20-50-51(3,42)43/h4-27H2,1-3H3,(H,33,38)(H,34,40)(H,35,41)(H,42,43)/p-1. The monoisotopic (exact) mass is 755 g/mol. The Morgan fingerprint density at radius 1 is 0.627 bits per heavy atom. The number of amides is 3. The van der Waals surface area contributed by atoms with E-state index >= 15 is 0 Å². The van der Waals surface area contributed by atoms with Gasteiger partial charge in [-0.25, -0.2) is 14.4 Å². The zero-order chi connectivity index (χ0) is 38.0. The molecule has 1 atom stereocenters. The maximum absolute atomic E-state index is 12.4. The largest absolute Gasteiger partial charge is 0.779 e. The summed E-state index contributed by atoms with van der Waals surface area (Å²) in [5.41, 5.74) is 0. The van der Waals surface area contributed by atoms with Crippen molar-refractivity contribution in [2.24, 2.45) is 0 Å². The fraction of sp³-hybridized carbons (Fsp3) is 0.844. The first kappa shape index (κ1) is 48.0. The van der Waals surface area contributed by atoms with Crippen LogP contribution in [0, 0.1) is 0 Å². The Morgan fingerprint density at radius 2 is 1.20 bits per heavy atom. The summed E-state index contributed by atoms with van der Waals surface area (Å²) in [4.78, 5) is 71.4. The molecule has 1 unspecified atom stereocenters. The van der Waals surface area contributed by atoms with Gasteiger partial charge in [-0.15, -0.1) is 0 Å². The van der Waals surface area contributed by atoms with Crippen LogP contribution in [0.25, 0.3) is 0 Å². The summed E-state index contributed by atoms with van der Waals surface area (Å²) in [7, 11) is -3.70. The molecule has 0 aliphatic carbocycles. The van der Waals surface area contributed by atoms with Crippen LogP contribution in [0.4, 0.5) is 9.59 Å². The Balaban J connectivity index is 3.89. The van der Waals surface area contributed by atoms with E-state index in [1.54, 1.807) is 4.90 Å². The third kappa shape index (κ3) is 36.6. The van der Waals surface area contributed by atoms with Crippen molar-refractivity contribution in [3.63, 3.8) is 0 Å². The van der Waals surface area contributed by atoms with E-state index < -0.39 is 31.7 Å². The van der Waals surface area contributed by atoms with Gasteiger partial charge in [-0.3, -0.25) is 14.5 Å². The Hall–Kier alpha value is -3.02. The molecule has 0 saturated heterocycles. The lowest BCUT2D eigenvalue weighted by atomic mass is 10.2. The summed E-state index contributed by atoms with van der Waals surface area (Å²) in [6.45, 7) is 7.20. The fourth-order valence-corrected chi connectivity index (χ4v) is 4.46. The number of hydrogen-bond acceptors (Lipinski definition) is 15. The topological polar surface area (TPSA) is 229 Å². The predicted molar refractivity (Wildman–Crippen MR) is 184 cm³/mol. The molecular formula is C32H60N4O14P-. The van der Waals surface area contributed by atoms with Gasteiger partial charge in [0.25, 0.3) is 0 Å². The average Bonchev–Trinajstić information content (AvgIpc) is 3.06. The first-order chi connectivity index (χ1) is 24.4. The minimum atomic E-state index is -3.70. The number of unbranched alkanes of at least 4 members (excludes halogenated alkanes) is 6. The number of ether oxygens (including phenoxy) is 6. The maximum atomic E-state index is 12.4.